The largest absolute Gasteiger partial charge is 1.00 e. The van der Waals surface area contributed by atoms with Crippen LogP contribution in [0.5, 0.6) is 11.5 Å². The first-order valence-electron chi connectivity index (χ1n) is 10.6. The van der Waals surface area contributed by atoms with Crippen molar-refractivity contribution in [3.63, 3.8) is 0 Å². The molecule has 0 aliphatic rings. The molecule has 4 aromatic rings. The molecule has 0 radical (unpaired) electrons. The molecule has 0 atom stereocenters. The molecule has 0 aliphatic carbocycles. The molecule has 0 saturated heterocycles. The van der Waals surface area contributed by atoms with Crippen LogP contribution in [0.15, 0.2) is 75.8 Å². The third-order valence-electron chi connectivity index (χ3n) is 5.48. The fraction of sp³-hybridized carbons (Fsp3) is 0.0800. The van der Waals surface area contributed by atoms with Crippen LogP contribution < -0.4 is 44.7 Å². The molecule has 13 heteroatoms. The van der Waals surface area contributed by atoms with E-state index in [4.69, 9.17) is 27.9 Å². The fourth-order valence-electron chi connectivity index (χ4n) is 3.54. The molecule has 4 aromatic carbocycles. The number of hydrogen-bond donors (Lipinski definition) is 2. The van der Waals surface area contributed by atoms with Crippen LogP contribution in [0, 0.1) is 6.92 Å². The fourth-order valence-corrected chi connectivity index (χ4v) is 4.52. The van der Waals surface area contributed by atoms with Crippen LogP contribution in [0.25, 0.3) is 10.8 Å². The number of carbonyl (C=O) groups is 1. The second kappa shape index (κ2) is 12.0. The summed E-state index contributed by atoms with van der Waals surface area (Å²) in [7, 11) is -3.14. The maximum atomic E-state index is 13.4. The molecule has 0 aromatic heterocycles. The molecule has 9 nitrogen and oxygen atoms in total. The van der Waals surface area contributed by atoms with Gasteiger partial charge in [0, 0.05) is 21.0 Å². The first-order valence-corrected chi connectivity index (χ1v) is 12.8. The van der Waals surface area contributed by atoms with Gasteiger partial charge in [0.2, 0.25) is 0 Å². The van der Waals surface area contributed by atoms with E-state index < -0.39 is 26.7 Å². The zero-order valence-electron chi connectivity index (χ0n) is 20.3. The number of amides is 1. The molecule has 0 spiro atoms. The topological polar surface area (TPSA) is 140 Å². The zero-order valence-corrected chi connectivity index (χ0v) is 24.6. The summed E-state index contributed by atoms with van der Waals surface area (Å²) in [5.41, 5.74) is 0.298. The summed E-state index contributed by atoms with van der Waals surface area (Å²) < 4.78 is 37.9. The number of fused-ring (bicyclic) bond motifs is 1. The van der Waals surface area contributed by atoms with Crippen LogP contribution in [0.4, 0.5) is 17.1 Å². The summed E-state index contributed by atoms with van der Waals surface area (Å²) in [6, 6.07) is 15.0. The van der Waals surface area contributed by atoms with Crippen molar-refractivity contribution in [1.82, 2.24) is 0 Å². The molecule has 4 rings (SSSR count). The van der Waals surface area contributed by atoms with Gasteiger partial charge in [0.1, 0.15) is 5.75 Å². The number of halogens is 2. The van der Waals surface area contributed by atoms with Crippen LogP contribution in [0.3, 0.4) is 0 Å². The Bertz CT molecular complexity index is 1700. The van der Waals surface area contributed by atoms with Gasteiger partial charge in [-0.3, -0.25) is 9.35 Å². The minimum atomic E-state index is -4.57. The maximum Gasteiger partial charge on any atom is 1.00 e. The summed E-state index contributed by atoms with van der Waals surface area (Å²) in [6.07, 6.45) is 0. The molecule has 38 heavy (non-hydrogen) atoms. The average Bonchev–Trinajstić information content (AvgIpc) is 2.84. The smallest absolute Gasteiger partial charge is 0.870 e. The number of methoxy groups -OCH3 is 1. The van der Waals surface area contributed by atoms with E-state index in [0.717, 1.165) is 12.1 Å². The monoisotopic (exact) mass is 581 g/mol. The predicted octanol–water partition coefficient (Wildman–Crippen LogP) is 3.46. The molecular formula is C25H18Cl2N3NaO6S. The number of anilines is 1. The van der Waals surface area contributed by atoms with Crippen LogP contribution in [0.1, 0.15) is 15.9 Å². The Hall–Kier alpha value is -2.70. The van der Waals surface area contributed by atoms with Gasteiger partial charge in [-0.05, 0) is 54.3 Å². The number of nitrogens with zero attached hydrogens (tertiary/aromatic N) is 2. The minimum Gasteiger partial charge on any atom is -0.870 e. The van der Waals surface area contributed by atoms with E-state index in [1.165, 1.54) is 19.2 Å². The Morgan fingerprint density at radius 2 is 1.76 bits per heavy atom. The Morgan fingerprint density at radius 1 is 1.05 bits per heavy atom. The molecular weight excluding hydrogens is 564 g/mol. The van der Waals surface area contributed by atoms with Crippen LogP contribution in [-0.4, -0.2) is 26.0 Å². The third-order valence-corrected chi connectivity index (χ3v) is 6.93. The van der Waals surface area contributed by atoms with E-state index in [0.29, 0.717) is 27.1 Å². The SMILES string of the molecule is COc1ccc(Cl)cc1NC(=O)c1cc2ccccc2c(N=Nc2cc(S(=O)(=O)O)cc(Cl)c2C)c1[O-].[Na+]. The first-order chi connectivity index (χ1) is 17.5. The van der Waals surface area contributed by atoms with E-state index in [-0.39, 0.29) is 57.2 Å². The van der Waals surface area contributed by atoms with E-state index in [2.05, 4.69) is 15.5 Å². The van der Waals surface area contributed by atoms with Crippen molar-refractivity contribution in [3.05, 3.63) is 81.8 Å². The normalized spacial score (nSPS) is 11.4. The van der Waals surface area contributed by atoms with Crippen molar-refractivity contribution in [2.24, 2.45) is 10.2 Å². The van der Waals surface area contributed by atoms with Crippen LogP contribution in [0.2, 0.25) is 10.0 Å². The second-order valence-electron chi connectivity index (χ2n) is 7.85. The van der Waals surface area contributed by atoms with Crippen molar-refractivity contribution in [3.8, 4) is 11.5 Å². The number of nitrogens with one attached hydrogen (secondary N) is 1. The van der Waals surface area contributed by atoms with Crippen molar-refractivity contribution in [2.45, 2.75) is 11.8 Å². The van der Waals surface area contributed by atoms with E-state index >= 15 is 0 Å². The van der Waals surface area contributed by atoms with Gasteiger partial charge in [-0.25, -0.2) is 0 Å². The van der Waals surface area contributed by atoms with E-state index in [9.17, 15) is 22.9 Å². The number of hydrogen-bond acceptors (Lipinski definition) is 7. The predicted molar refractivity (Wildman–Crippen MR) is 140 cm³/mol. The van der Waals surface area contributed by atoms with Gasteiger partial charge in [0.25, 0.3) is 16.0 Å². The molecule has 190 valence electrons. The summed E-state index contributed by atoms with van der Waals surface area (Å²) in [5, 5.41) is 25.5. The molecule has 0 unspecified atom stereocenters. The number of rotatable bonds is 6. The maximum absolute atomic E-state index is 13.4. The zero-order chi connectivity index (χ0) is 26.9. The Labute approximate surface area is 250 Å². The van der Waals surface area contributed by atoms with Crippen molar-refractivity contribution < 1.29 is 57.2 Å². The van der Waals surface area contributed by atoms with Gasteiger partial charge in [-0.15, -0.1) is 0 Å². The quantitative estimate of drug-likeness (QED) is 0.203. The Kier molecular flexibility index (Phi) is 9.43. The second-order valence-corrected chi connectivity index (χ2v) is 10.1. The number of carbonyl (C=O) groups excluding carboxylic acids is 1. The van der Waals surface area contributed by atoms with Gasteiger partial charge in [-0.2, -0.15) is 18.6 Å². The minimum absolute atomic E-state index is 0. The van der Waals surface area contributed by atoms with Gasteiger partial charge in [0.05, 0.1) is 29.1 Å². The van der Waals surface area contributed by atoms with Crippen LogP contribution in [-0.2, 0) is 10.1 Å². The molecule has 0 heterocycles. The average molecular weight is 582 g/mol. The first kappa shape index (κ1) is 29.9. The summed E-state index contributed by atoms with van der Waals surface area (Å²) in [5.74, 6) is -1.09. The molecule has 2 N–H and O–H groups in total. The van der Waals surface area contributed by atoms with Gasteiger partial charge < -0.3 is 15.2 Å². The molecule has 0 aliphatic heterocycles. The van der Waals surface area contributed by atoms with Crippen molar-refractivity contribution in [1.29, 1.82) is 0 Å². The third kappa shape index (κ3) is 6.29. The Balaban J connectivity index is 0.00000400. The number of benzene rings is 4. The Morgan fingerprint density at radius 3 is 2.45 bits per heavy atom. The van der Waals surface area contributed by atoms with Gasteiger partial charge in [-0.1, -0.05) is 53.2 Å². The molecule has 0 fully saturated rings. The van der Waals surface area contributed by atoms with Gasteiger partial charge >= 0.3 is 29.6 Å². The number of azo groups is 1. The van der Waals surface area contributed by atoms with E-state index in [1.807, 2.05) is 0 Å². The van der Waals surface area contributed by atoms with Gasteiger partial charge in [0.15, 0.2) is 0 Å². The molecule has 0 saturated carbocycles. The van der Waals surface area contributed by atoms with E-state index in [1.54, 1.807) is 43.3 Å². The van der Waals surface area contributed by atoms with Crippen molar-refractivity contribution >= 4 is 67.1 Å². The van der Waals surface area contributed by atoms with Crippen molar-refractivity contribution in [2.75, 3.05) is 12.4 Å². The molecule has 0 bridgehead atoms. The summed E-state index contributed by atoms with van der Waals surface area (Å²) in [4.78, 5) is 12.7. The standard InChI is InChI=1S/C25H19Cl2N3O6S.Na/c1-13-19(27)11-16(37(33,34)35)12-20(13)29-30-23-17-6-4-3-5-14(17)9-18(24(23)31)25(32)28-21-10-15(26)7-8-22(21)36-2;/h3-12,31H,1-2H3,(H,28,32)(H,33,34,35);/q;+1/p-1. The molecule has 1 amide bonds. The summed E-state index contributed by atoms with van der Waals surface area (Å²) >= 11 is 12.1. The summed E-state index contributed by atoms with van der Waals surface area (Å²) in [6.45, 7) is 1.57. The number of ether oxygens (including phenoxy) is 1. The van der Waals surface area contributed by atoms with Crippen LogP contribution >= 0.6 is 23.2 Å².